The van der Waals surface area contributed by atoms with Gasteiger partial charge in [0.05, 0.1) is 12.7 Å². The summed E-state index contributed by atoms with van der Waals surface area (Å²) < 4.78 is 10.5. The van der Waals surface area contributed by atoms with E-state index in [4.69, 9.17) is 21.7 Å². The maximum Gasteiger partial charge on any atom is 0.349 e. The predicted octanol–water partition coefficient (Wildman–Crippen LogP) is 2.44. The molecule has 0 saturated carbocycles. The number of thiocarbonyl (C=S) groups is 1. The normalized spacial score (nSPS) is 18.7. The number of carbonyl (C=O) groups excluding carboxylic acids is 3. The van der Waals surface area contributed by atoms with E-state index in [9.17, 15) is 14.4 Å². The first-order valence-corrected chi connectivity index (χ1v) is 8.97. The summed E-state index contributed by atoms with van der Waals surface area (Å²) in [6, 6.07) is 13.6. The Morgan fingerprint density at radius 3 is 2.59 bits per heavy atom. The SMILES string of the molecule is COc1ccccc1/C=C1/NC(=S)N(/C=C2\C(=O)Oc3ccccc3C2=O)C1=O. The average molecular weight is 406 g/mol. The lowest BCUT2D eigenvalue weighted by Crippen LogP contribution is -2.31. The molecule has 8 heteroatoms. The minimum atomic E-state index is -0.841. The van der Waals surface area contributed by atoms with Crippen molar-refractivity contribution in [2.45, 2.75) is 0 Å². The number of hydrogen-bond donors (Lipinski definition) is 1. The van der Waals surface area contributed by atoms with Gasteiger partial charge in [-0.2, -0.15) is 0 Å². The van der Waals surface area contributed by atoms with Crippen molar-refractivity contribution in [2.24, 2.45) is 0 Å². The molecule has 144 valence electrons. The van der Waals surface area contributed by atoms with Crippen molar-refractivity contribution in [1.82, 2.24) is 10.2 Å². The number of benzene rings is 2. The van der Waals surface area contributed by atoms with Gasteiger partial charge in [0.1, 0.15) is 22.8 Å². The van der Waals surface area contributed by atoms with Crippen LogP contribution in [0.2, 0.25) is 0 Å². The molecule has 0 bridgehead atoms. The van der Waals surface area contributed by atoms with Crippen LogP contribution in [0.3, 0.4) is 0 Å². The highest BCUT2D eigenvalue weighted by Crippen LogP contribution is 2.28. The molecular formula is C21H14N2O5S. The standard InChI is InChI=1S/C21H14N2O5S/c1-27-16-8-4-2-6-12(16)10-15-19(25)23(21(29)22-15)11-14-18(24)13-7-3-5-9-17(13)28-20(14)26/h2-11H,1H3,(H,22,29)/b14-11-,15-10+. The lowest BCUT2D eigenvalue weighted by Gasteiger charge is -2.18. The summed E-state index contributed by atoms with van der Waals surface area (Å²) in [7, 11) is 1.53. The second-order valence-corrected chi connectivity index (χ2v) is 6.55. The van der Waals surface area contributed by atoms with Gasteiger partial charge in [-0.05, 0) is 36.5 Å². The van der Waals surface area contributed by atoms with Crippen molar-refractivity contribution in [2.75, 3.05) is 7.11 Å². The number of esters is 1. The van der Waals surface area contributed by atoms with Crippen molar-refractivity contribution in [3.63, 3.8) is 0 Å². The fourth-order valence-electron chi connectivity index (χ4n) is 2.98. The number of rotatable bonds is 3. The third kappa shape index (κ3) is 3.30. The van der Waals surface area contributed by atoms with Gasteiger partial charge < -0.3 is 14.8 Å². The van der Waals surface area contributed by atoms with Gasteiger partial charge in [0.2, 0.25) is 5.78 Å². The molecule has 2 heterocycles. The van der Waals surface area contributed by atoms with E-state index in [1.807, 2.05) is 6.07 Å². The van der Waals surface area contributed by atoms with Crippen LogP contribution in [-0.4, -0.2) is 34.8 Å². The molecule has 0 unspecified atom stereocenters. The molecule has 7 nitrogen and oxygen atoms in total. The number of hydrogen-bond acceptors (Lipinski definition) is 6. The topological polar surface area (TPSA) is 84.9 Å². The number of fused-ring (bicyclic) bond motifs is 1. The first kappa shape index (κ1) is 18.6. The smallest absolute Gasteiger partial charge is 0.349 e. The van der Waals surface area contributed by atoms with E-state index >= 15 is 0 Å². The van der Waals surface area contributed by atoms with Gasteiger partial charge in [0, 0.05) is 11.8 Å². The molecular weight excluding hydrogens is 392 g/mol. The zero-order chi connectivity index (χ0) is 20.5. The summed E-state index contributed by atoms with van der Waals surface area (Å²) >= 11 is 5.21. The quantitative estimate of drug-likeness (QED) is 0.276. The Hall–Kier alpha value is -3.78. The van der Waals surface area contributed by atoms with E-state index in [-0.39, 0.29) is 27.7 Å². The first-order valence-electron chi connectivity index (χ1n) is 8.56. The minimum absolute atomic E-state index is 0.0445. The summed E-state index contributed by atoms with van der Waals surface area (Å²) in [5, 5.41) is 2.84. The Morgan fingerprint density at radius 2 is 1.79 bits per heavy atom. The number of ether oxygens (including phenoxy) is 2. The summed E-state index contributed by atoms with van der Waals surface area (Å²) in [5.74, 6) is -1.11. The second-order valence-electron chi connectivity index (χ2n) is 6.16. The molecule has 0 aliphatic carbocycles. The molecule has 1 saturated heterocycles. The molecule has 0 atom stereocenters. The average Bonchev–Trinajstić information content (AvgIpc) is 2.98. The van der Waals surface area contributed by atoms with Gasteiger partial charge in [0.15, 0.2) is 5.11 Å². The largest absolute Gasteiger partial charge is 0.496 e. The molecule has 2 aromatic rings. The van der Waals surface area contributed by atoms with Gasteiger partial charge in [-0.1, -0.05) is 30.3 Å². The molecule has 1 fully saturated rings. The number of para-hydroxylation sites is 2. The maximum atomic E-state index is 12.8. The minimum Gasteiger partial charge on any atom is -0.496 e. The molecule has 2 aliphatic rings. The third-order valence-electron chi connectivity index (χ3n) is 4.41. The Kier molecular flexibility index (Phi) is 4.69. The van der Waals surface area contributed by atoms with Crippen LogP contribution in [0.1, 0.15) is 15.9 Å². The van der Waals surface area contributed by atoms with Gasteiger partial charge in [0.25, 0.3) is 5.91 Å². The van der Waals surface area contributed by atoms with E-state index in [1.165, 1.54) is 13.2 Å². The van der Waals surface area contributed by atoms with Crippen molar-refractivity contribution in [3.8, 4) is 11.5 Å². The van der Waals surface area contributed by atoms with E-state index in [0.29, 0.717) is 11.3 Å². The highest BCUT2D eigenvalue weighted by molar-refractivity contribution is 7.80. The van der Waals surface area contributed by atoms with Gasteiger partial charge in [-0.15, -0.1) is 0 Å². The monoisotopic (exact) mass is 406 g/mol. The molecule has 29 heavy (non-hydrogen) atoms. The lowest BCUT2D eigenvalue weighted by molar-refractivity contribution is -0.130. The summed E-state index contributed by atoms with van der Waals surface area (Å²) in [6.45, 7) is 0. The Balaban J connectivity index is 1.67. The molecule has 2 aliphatic heterocycles. The number of nitrogens with one attached hydrogen (secondary N) is 1. The molecule has 2 aromatic carbocycles. The van der Waals surface area contributed by atoms with Gasteiger partial charge >= 0.3 is 5.97 Å². The second kappa shape index (κ2) is 7.33. The van der Waals surface area contributed by atoms with Gasteiger partial charge in [-0.3, -0.25) is 14.5 Å². The number of ketones is 1. The van der Waals surface area contributed by atoms with Crippen LogP contribution in [0.25, 0.3) is 6.08 Å². The number of methoxy groups -OCH3 is 1. The number of amides is 1. The van der Waals surface area contributed by atoms with Crippen LogP contribution < -0.4 is 14.8 Å². The van der Waals surface area contributed by atoms with Crippen LogP contribution >= 0.6 is 12.2 Å². The van der Waals surface area contributed by atoms with E-state index < -0.39 is 17.7 Å². The van der Waals surface area contributed by atoms with Crippen LogP contribution in [0.5, 0.6) is 11.5 Å². The zero-order valence-corrected chi connectivity index (χ0v) is 16.0. The molecule has 0 aromatic heterocycles. The summed E-state index contributed by atoms with van der Waals surface area (Å²) in [5.41, 5.74) is 0.826. The van der Waals surface area contributed by atoms with E-state index in [2.05, 4.69) is 5.32 Å². The summed E-state index contributed by atoms with van der Waals surface area (Å²) in [6.07, 6.45) is 2.70. The van der Waals surface area contributed by atoms with Crippen LogP contribution in [0.4, 0.5) is 0 Å². The zero-order valence-electron chi connectivity index (χ0n) is 15.2. The fourth-order valence-corrected chi connectivity index (χ4v) is 3.23. The maximum absolute atomic E-state index is 12.8. The van der Waals surface area contributed by atoms with Crippen molar-refractivity contribution in [1.29, 1.82) is 0 Å². The Morgan fingerprint density at radius 1 is 1.07 bits per heavy atom. The fraction of sp³-hybridized carbons (Fsp3) is 0.0476. The molecule has 1 N–H and O–H groups in total. The molecule has 0 spiro atoms. The lowest BCUT2D eigenvalue weighted by atomic mass is 10.0. The van der Waals surface area contributed by atoms with Crippen molar-refractivity contribution < 1.29 is 23.9 Å². The third-order valence-corrected chi connectivity index (χ3v) is 4.70. The van der Waals surface area contributed by atoms with Gasteiger partial charge in [-0.25, -0.2) is 4.79 Å². The summed E-state index contributed by atoms with van der Waals surface area (Å²) in [4.78, 5) is 38.8. The predicted molar refractivity (Wildman–Crippen MR) is 108 cm³/mol. The highest BCUT2D eigenvalue weighted by atomic mass is 32.1. The Bertz CT molecular complexity index is 1140. The van der Waals surface area contributed by atoms with Crippen LogP contribution in [0.15, 0.2) is 66.0 Å². The highest BCUT2D eigenvalue weighted by Gasteiger charge is 2.35. The number of carbonyl (C=O) groups is 3. The number of nitrogens with zero attached hydrogens (tertiary/aromatic N) is 1. The van der Waals surface area contributed by atoms with Crippen molar-refractivity contribution >= 4 is 41.1 Å². The van der Waals surface area contributed by atoms with Crippen LogP contribution in [-0.2, 0) is 9.59 Å². The van der Waals surface area contributed by atoms with Crippen molar-refractivity contribution in [3.05, 3.63) is 77.1 Å². The Labute approximate surface area is 171 Å². The first-order chi connectivity index (χ1) is 14.0. The van der Waals surface area contributed by atoms with E-state index in [1.54, 1.807) is 42.5 Å². The molecule has 0 radical (unpaired) electrons. The molecule has 1 amide bonds. The van der Waals surface area contributed by atoms with E-state index in [0.717, 1.165) is 11.1 Å². The number of Topliss-reactive ketones (excluding diaryl/α,β-unsaturated/α-hetero) is 1. The van der Waals surface area contributed by atoms with Crippen LogP contribution in [0, 0.1) is 0 Å². The molecule has 4 rings (SSSR count).